The number of halogens is 1. The number of thiophene rings is 1. The SMILES string of the molecule is CN(Cc1nc(-c2cccs2)no1)C1CNC1.Cl. The van der Waals surface area contributed by atoms with Crippen LogP contribution >= 0.6 is 23.7 Å². The highest BCUT2D eigenvalue weighted by atomic mass is 35.5. The summed E-state index contributed by atoms with van der Waals surface area (Å²) >= 11 is 1.62. The van der Waals surface area contributed by atoms with E-state index in [-0.39, 0.29) is 12.4 Å². The fraction of sp³-hybridized carbons (Fsp3) is 0.455. The van der Waals surface area contributed by atoms with E-state index in [1.54, 1.807) is 11.3 Å². The summed E-state index contributed by atoms with van der Waals surface area (Å²) < 4.78 is 5.26. The van der Waals surface area contributed by atoms with Gasteiger partial charge in [-0.25, -0.2) is 0 Å². The molecule has 0 aliphatic carbocycles. The minimum absolute atomic E-state index is 0. The second-order valence-corrected chi connectivity index (χ2v) is 5.16. The number of aromatic nitrogens is 2. The summed E-state index contributed by atoms with van der Waals surface area (Å²) in [7, 11) is 2.08. The van der Waals surface area contributed by atoms with Crippen molar-refractivity contribution in [2.75, 3.05) is 20.1 Å². The van der Waals surface area contributed by atoms with Crippen LogP contribution in [0.5, 0.6) is 0 Å². The smallest absolute Gasteiger partial charge is 0.241 e. The molecule has 2 aromatic rings. The van der Waals surface area contributed by atoms with Gasteiger partial charge in [0.2, 0.25) is 11.7 Å². The molecule has 0 atom stereocenters. The first kappa shape index (κ1) is 13.5. The zero-order valence-corrected chi connectivity index (χ0v) is 11.6. The molecule has 0 unspecified atom stereocenters. The molecule has 0 spiro atoms. The van der Waals surface area contributed by atoms with Crippen LogP contribution in [-0.2, 0) is 6.54 Å². The second kappa shape index (κ2) is 5.79. The van der Waals surface area contributed by atoms with Crippen LogP contribution in [0.15, 0.2) is 22.0 Å². The van der Waals surface area contributed by atoms with Crippen LogP contribution in [0.2, 0.25) is 0 Å². The third-order valence-electron chi connectivity index (χ3n) is 2.98. The van der Waals surface area contributed by atoms with Gasteiger partial charge in [-0.05, 0) is 18.5 Å². The Morgan fingerprint density at radius 2 is 2.39 bits per heavy atom. The van der Waals surface area contributed by atoms with E-state index in [2.05, 4.69) is 27.4 Å². The van der Waals surface area contributed by atoms with Crippen LogP contribution in [-0.4, -0.2) is 41.2 Å². The highest BCUT2D eigenvalue weighted by Crippen LogP contribution is 2.21. The van der Waals surface area contributed by atoms with Gasteiger partial charge in [0.15, 0.2) is 0 Å². The van der Waals surface area contributed by atoms with Gasteiger partial charge in [-0.2, -0.15) is 4.98 Å². The number of rotatable bonds is 4. The first-order valence-electron chi connectivity index (χ1n) is 5.60. The third-order valence-corrected chi connectivity index (χ3v) is 3.84. The van der Waals surface area contributed by atoms with Gasteiger partial charge in [0, 0.05) is 19.1 Å². The fourth-order valence-electron chi connectivity index (χ4n) is 1.75. The first-order chi connectivity index (χ1) is 8.33. The average Bonchev–Trinajstić information content (AvgIpc) is 2.82. The number of nitrogens with one attached hydrogen (secondary N) is 1. The molecule has 98 valence electrons. The molecular weight excluding hydrogens is 272 g/mol. The molecule has 3 heterocycles. The zero-order valence-electron chi connectivity index (χ0n) is 10.00. The number of likely N-dealkylation sites (N-methyl/N-ethyl adjacent to an activating group) is 1. The van der Waals surface area contributed by atoms with Gasteiger partial charge in [-0.15, -0.1) is 23.7 Å². The molecule has 2 aromatic heterocycles. The molecular formula is C11H15ClN4OS. The summed E-state index contributed by atoms with van der Waals surface area (Å²) in [6.45, 7) is 2.80. The molecule has 0 amide bonds. The van der Waals surface area contributed by atoms with E-state index < -0.39 is 0 Å². The van der Waals surface area contributed by atoms with E-state index in [0.29, 0.717) is 24.3 Å². The van der Waals surface area contributed by atoms with Crippen molar-refractivity contribution in [1.82, 2.24) is 20.4 Å². The Kier molecular flexibility index (Phi) is 4.34. The minimum Gasteiger partial charge on any atom is -0.338 e. The molecule has 1 fully saturated rings. The van der Waals surface area contributed by atoms with Crippen LogP contribution in [0, 0.1) is 0 Å². The molecule has 7 heteroatoms. The number of nitrogens with zero attached hydrogens (tertiary/aromatic N) is 3. The van der Waals surface area contributed by atoms with Crippen molar-refractivity contribution in [2.24, 2.45) is 0 Å². The van der Waals surface area contributed by atoms with Gasteiger partial charge in [-0.1, -0.05) is 11.2 Å². The van der Waals surface area contributed by atoms with E-state index in [4.69, 9.17) is 4.52 Å². The third kappa shape index (κ3) is 2.72. The highest BCUT2D eigenvalue weighted by Gasteiger charge is 2.23. The molecule has 0 saturated carbocycles. The summed E-state index contributed by atoms with van der Waals surface area (Å²) in [5.41, 5.74) is 0. The van der Waals surface area contributed by atoms with E-state index in [9.17, 15) is 0 Å². The molecule has 0 radical (unpaired) electrons. The summed E-state index contributed by atoms with van der Waals surface area (Å²) in [5, 5.41) is 9.26. The maximum absolute atomic E-state index is 5.26. The van der Waals surface area contributed by atoms with E-state index in [1.807, 2.05) is 17.5 Å². The van der Waals surface area contributed by atoms with E-state index in [0.717, 1.165) is 18.0 Å². The second-order valence-electron chi connectivity index (χ2n) is 4.22. The molecule has 3 rings (SSSR count). The number of hydrogen-bond donors (Lipinski definition) is 1. The fourth-order valence-corrected chi connectivity index (χ4v) is 2.40. The van der Waals surface area contributed by atoms with Crippen molar-refractivity contribution in [3.8, 4) is 10.7 Å². The lowest BCUT2D eigenvalue weighted by Crippen LogP contribution is -2.55. The summed E-state index contributed by atoms with van der Waals surface area (Å²) in [4.78, 5) is 7.69. The zero-order chi connectivity index (χ0) is 11.7. The van der Waals surface area contributed by atoms with Crippen molar-refractivity contribution >= 4 is 23.7 Å². The van der Waals surface area contributed by atoms with Crippen molar-refractivity contribution in [1.29, 1.82) is 0 Å². The Hall–Kier alpha value is -0.950. The quantitative estimate of drug-likeness (QED) is 0.926. The molecule has 1 aliphatic heterocycles. The summed E-state index contributed by atoms with van der Waals surface area (Å²) in [5.74, 6) is 1.37. The molecule has 18 heavy (non-hydrogen) atoms. The van der Waals surface area contributed by atoms with Crippen molar-refractivity contribution in [3.63, 3.8) is 0 Å². The molecule has 0 aromatic carbocycles. The monoisotopic (exact) mass is 286 g/mol. The molecule has 1 saturated heterocycles. The predicted octanol–water partition coefficient (Wildman–Crippen LogP) is 1.62. The highest BCUT2D eigenvalue weighted by molar-refractivity contribution is 7.13. The van der Waals surface area contributed by atoms with E-state index >= 15 is 0 Å². The Morgan fingerprint density at radius 1 is 1.56 bits per heavy atom. The summed E-state index contributed by atoms with van der Waals surface area (Å²) in [6, 6.07) is 4.58. The normalized spacial score (nSPS) is 15.4. The lowest BCUT2D eigenvalue weighted by atomic mass is 10.1. The Morgan fingerprint density at radius 3 is 3.00 bits per heavy atom. The Labute approximate surface area is 116 Å². The van der Waals surface area contributed by atoms with Crippen LogP contribution in [0.3, 0.4) is 0 Å². The van der Waals surface area contributed by atoms with Crippen LogP contribution in [0.4, 0.5) is 0 Å². The van der Waals surface area contributed by atoms with Crippen molar-refractivity contribution in [2.45, 2.75) is 12.6 Å². The van der Waals surface area contributed by atoms with Crippen molar-refractivity contribution < 1.29 is 4.52 Å². The predicted molar refractivity (Wildman–Crippen MR) is 73.0 cm³/mol. The largest absolute Gasteiger partial charge is 0.338 e. The van der Waals surface area contributed by atoms with Gasteiger partial charge in [0.05, 0.1) is 11.4 Å². The minimum atomic E-state index is 0. The standard InChI is InChI=1S/C11H14N4OS.ClH/c1-15(8-5-12-6-8)7-10-13-11(14-16-10)9-3-2-4-17-9;/h2-4,8,12H,5-7H2,1H3;1H. The maximum atomic E-state index is 5.26. The maximum Gasteiger partial charge on any atom is 0.241 e. The van der Waals surface area contributed by atoms with Gasteiger partial charge < -0.3 is 9.84 Å². The topological polar surface area (TPSA) is 54.2 Å². The van der Waals surface area contributed by atoms with Crippen LogP contribution in [0.25, 0.3) is 10.7 Å². The van der Waals surface area contributed by atoms with Gasteiger partial charge in [0.1, 0.15) is 0 Å². The van der Waals surface area contributed by atoms with Gasteiger partial charge in [-0.3, -0.25) is 4.90 Å². The molecule has 5 nitrogen and oxygen atoms in total. The Balaban J connectivity index is 0.00000120. The molecule has 0 bridgehead atoms. The lowest BCUT2D eigenvalue weighted by Gasteiger charge is -2.34. The van der Waals surface area contributed by atoms with Gasteiger partial charge >= 0.3 is 0 Å². The Bertz CT molecular complexity index is 483. The van der Waals surface area contributed by atoms with Crippen LogP contribution < -0.4 is 5.32 Å². The molecule has 1 N–H and O–H groups in total. The van der Waals surface area contributed by atoms with E-state index in [1.165, 1.54) is 0 Å². The first-order valence-corrected chi connectivity index (χ1v) is 6.48. The average molecular weight is 287 g/mol. The van der Waals surface area contributed by atoms with Crippen LogP contribution in [0.1, 0.15) is 5.89 Å². The molecule has 1 aliphatic rings. The summed E-state index contributed by atoms with van der Waals surface area (Å²) in [6.07, 6.45) is 0. The van der Waals surface area contributed by atoms with Gasteiger partial charge in [0.25, 0.3) is 0 Å². The lowest BCUT2D eigenvalue weighted by molar-refractivity contribution is 0.155. The van der Waals surface area contributed by atoms with Crippen molar-refractivity contribution in [3.05, 3.63) is 23.4 Å². The number of hydrogen-bond acceptors (Lipinski definition) is 6.